The molecule has 2 heteroatoms. The second kappa shape index (κ2) is 18.8. The molecule has 0 spiro atoms. The number of nitrogens with zero attached hydrogens (tertiary/aromatic N) is 2. The smallest absolute Gasteiger partial charge is 0.230 e. The first-order chi connectivity index (χ1) is 16.4. The predicted molar refractivity (Wildman–Crippen MR) is 145 cm³/mol. The Morgan fingerprint density at radius 3 is 1.55 bits per heavy atom. The van der Waals surface area contributed by atoms with Gasteiger partial charge in [-0.3, -0.25) is 0 Å². The van der Waals surface area contributed by atoms with E-state index in [9.17, 15) is 0 Å². The maximum absolute atomic E-state index is 2.47. The molecule has 33 heavy (non-hydrogen) atoms. The third-order valence-electron chi connectivity index (χ3n) is 6.97. The molecule has 0 saturated heterocycles. The largest absolute Gasteiger partial charge is 0.288 e. The second-order valence-corrected chi connectivity index (χ2v) is 10.0. The average molecular weight is 454 g/mol. The molecule has 0 radical (unpaired) electrons. The Bertz CT molecular complexity index is 688. The minimum atomic E-state index is 1.09. The summed E-state index contributed by atoms with van der Waals surface area (Å²) in [4.78, 5) is 0. The van der Waals surface area contributed by atoms with Gasteiger partial charge in [0.05, 0.1) is 18.7 Å². The van der Waals surface area contributed by atoms with Crippen LogP contribution in [0, 0.1) is 0 Å². The molecule has 0 atom stereocenters. The Labute approximate surface area is 205 Å². The number of hydrogen-bond donors (Lipinski definition) is 0. The van der Waals surface area contributed by atoms with Gasteiger partial charge in [0.25, 0.3) is 5.82 Å². The molecule has 2 nitrogen and oxygen atoms in total. The molecule has 1 aromatic carbocycles. The van der Waals surface area contributed by atoms with Gasteiger partial charge in [-0.25, -0.2) is 9.13 Å². The number of rotatable bonds is 21. The summed E-state index contributed by atoms with van der Waals surface area (Å²) in [5, 5.41) is 0. The molecule has 0 fully saturated rings. The average Bonchev–Trinajstić information content (AvgIpc) is 3.24. The van der Waals surface area contributed by atoms with Gasteiger partial charge >= 0.3 is 0 Å². The van der Waals surface area contributed by atoms with E-state index in [-0.39, 0.29) is 0 Å². The highest BCUT2D eigenvalue weighted by molar-refractivity contribution is 5.52. The van der Waals surface area contributed by atoms with Crippen LogP contribution in [0.4, 0.5) is 0 Å². The molecule has 0 aliphatic rings. The summed E-state index contributed by atoms with van der Waals surface area (Å²) >= 11 is 0. The van der Waals surface area contributed by atoms with Gasteiger partial charge in [-0.1, -0.05) is 128 Å². The van der Waals surface area contributed by atoms with Crippen LogP contribution in [0.3, 0.4) is 0 Å². The van der Waals surface area contributed by atoms with Crippen LogP contribution in [0.2, 0.25) is 0 Å². The fraction of sp³-hybridized carbons (Fsp3) is 0.710. The molecule has 0 aliphatic heterocycles. The van der Waals surface area contributed by atoms with Gasteiger partial charge in [-0.05, 0) is 31.4 Å². The Hall–Kier alpha value is -1.57. The Morgan fingerprint density at radius 2 is 1.06 bits per heavy atom. The molecule has 0 aliphatic carbocycles. The number of aryl methyl sites for hydroxylation is 2. The van der Waals surface area contributed by atoms with Gasteiger partial charge in [0.15, 0.2) is 0 Å². The van der Waals surface area contributed by atoms with Crippen molar-refractivity contribution in [2.24, 2.45) is 0 Å². The molecular weight excluding hydrogens is 400 g/mol. The minimum absolute atomic E-state index is 1.09. The fourth-order valence-electron chi connectivity index (χ4n) is 4.99. The van der Waals surface area contributed by atoms with Crippen LogP contribution in [0.5, 0.6) is 0 Å². The van der Waals surface area contributed by atoms with Crippen molar-refractivity contribution in [3.63, 3.8) is 0 Å². The van der Waals surface area contributed by atoms with Crippen LogP contribution in [-0.4, -0.2) is 4.57 Å². The predicted octanol–water partition coefficient (Wildman–Crippen LogP) is 9.50. The van der Waals surface area contributed by atoms with Crippen molar-refractivity contribution >= 4 is 0 Å². The number of imidazole rings is 1. The summed E-state index contributed by atoms with van der Waals surface area (Å²) in [5.41, 5.74) is 1.34. The lowest BCUT2D eigenvalue weighted by atomic mass is 10.0. The Balaban J connectivity index is 1.47. The lowest BCUT2D eigenvalue weighted by Crippen LogP contribution is -2.34. The standard InChI is InChI=1S/C31H53N2/c1-3-5-6-7-8-9-10-11-12-13-14-15-16-17-18-19-23-27-33-29-28-32(26-4-2)31(33)30-24-21-20-22-25-30/h20-22,24-25,28-29H,3-19,23,26-27H2,1-2H3/q+1. The van der Waals surface area contributed by atoms with Crippen LogP contribution in [0.1, 0.15) is 129 Å². The minimum Gasteiger partial charge on any atom is -0.230 e. The maximum atomic E-state index is 2.47. The molecule has 1 aromatic heterocycles. The summed E-state index contributed by atoms with van der Waals surface area (Å²) in [7, 11) is 0. The van der Waals surface area contributed by atoms with Gasteiger partial charge in [-0.2, -0.15) is 0 Å². The molecule has 0 unspecified atom stereocenters. The summed E-state index contributed by atoms with van der Waals surface area (Å²) in [6.45, 7) is 6.79. The summed E-state index contributed by atoms with van der Waals surface area (Å²) in [6, 6.07) is 10.9. The monoisotopic (exact) mass is 453 g/mol. The molecule has 0 amide bonds. The van der Waals surface area contributed by atoms with Gasteiger partial charge < -0.3 is 0 Å². The molecule has 0 saturated carbocycles. The van der Waals surface area contributed by atoms with Crippen LogP contribution < -0.4 is 4.57 Å². The highest BCUT2D eigenvalue weighted by Gasteiger charge is 2.18. The number of benzene rings is 1. The highest BCUT2D eigenvalue weighted by Crippen LogP contribution is 2.18. The van der Waals surface area contributed by atoms with Gasteiger partial charge in [-0.15, -0.1) is 0 Å². The Kier molecular flexibility index (Phi) is 15.8. The topological polar surface area (TPSA) is 8.81 Å². The van der Waals surface area contributed by atoms with E-state index in [0.717, 1.165) is 13.1 Å². The van der Waals surface area contributed by atoms with E-state index < -0.39 is 0 Å². The quantitative estimate of drug-likeness (QED) is 0.131. The third kappa shape index (κ3) is 11.9. The lowest BCUT2D eigenvalue weighted by molar-refractivity contribution is -0.685. The highest BCUT2D eigenvalue weighted by atomic mass is 15.1. The maximum Gasteiger partial charge on any atom is 0.288 e. The number of hydrogen-bond acceptors (Lipinski definition) is 0. The van der Waals surface area contributed by atoms with Crippen LogP contribution in [-0.2, 0) is 13.1 Å². The normalized spacial score (nSPS) is 11.3. The first-order valence-electron chi connectivity index (χ1n) is 14.5. The molecule has 2 rings (SSSR count). The summed E-state index contributed by atoms with van der Waals surface area (Å²) in [6.07, 6.45) is 30.1. The van der Waals surface area contributed by atoms with E-state index in [1.54, 1.807) is 0 Å². The van der Waals surface area contributed by atoms with Crippen LogP contribution in [0.15, 0.2) is 42.7 Å². The lowest BCUT2D eigenvalue weighted by Gasteiger charge is -2.06. The van der Waals surface area contributed by atoms with E-state index in [1.165, 1.54) is 127 Å². The first kappa shape index (κ1) is 27.7. The molecule has 186 valence electrons. The summed E-state index contributed by atoms with van der Waals surface area (Å²) < 4.78 is 4.89. The van der Waals surface area contributed by atoms with E-state index in [0.29, 0.717) is 0 Å². The number of unbranched alkanes of at least 4 members (excludes halogenated alkanes) is 16. The van der Waals surface area contributed by atoms with Crippen molar-refractivity contribution in [2.75, 3.05) is 0 Å². The SMILES string of the molecule is CCCCCCCCCCCCCCCCCCCn1cc[n+](CCC)c1-c1ccccc1. The van der Waals surface area contributed by atoms with E-state index in [4.69, 9.17) is 0 Å². The van der Waals surface area contributed by atoms with Gasteiger partial charge in [0, 0.05) is 0 Å². The molecule has 1 heterocycles. The molecule has 0 N–H and O–H groups in total. The number of aromatic nitrogens is 2. The van der Waals surface area contributed by atoms with Crippen LogP contribution >= 0.6 is 0 Å². The van der Waals surface area contributed by atoms with Crippen molar-refractivity contribution in [1.29, 1.82) is 0 Å². The zero-order valence-corrected chi connectivity index (χ0v) is 22.1. The summed E-state index contributed by atoms with van der Waals surface area (Å²) in [5.74, 6) is 1.37. The zero-order valence-electron chi connectivity index (χ0n) is 22.1. The van der Waals surface area contributed by atoms with Crippen molar-refractivity contribution < 1.29 is 4.57 Å². The van der Waals surface area contributed by atoms with Crippen molar-refractivity contribution in [3.05, 3.63) is 42.7 Å². The zero-order chi connectivity index (χ0) is 23.4. The second-order valence-electron chi connectivity index (χ2n) is 10.0. The van der Waals surface area contributed by atoms with Gasteiger partial charge in [0.1, 0.15) is 12.4 Å². The molecule has 0 bridgehead atoms. The fourth-order valence-corrected chi connectivity index (χ4v) is 4.99. The van der Waals surface area contributed by atoms with E-state index >= 15 is 0 Å². The van der Waals surface area contributed by atoms with Crippen molar-refractivity contribution in [2.45, 2.75) is 143 Å². The van der Waals surface area contributed by atoms with Gasteiger partial charge in [0.2, 0.25) is 0 Å². The third-order valence-corrected chi connectivity index (χ3v) is 6.97. The van der Waals surface area contributed by atoms with E-state index in [2.05, 4.69) is 65.7 Å². The molecule has 2 aromatic rings. The molecular formula is C31H53N2+. The van der Waals surface area contributed by atoms with E-state index in [1.807, 2.05) is 0 Å². The first-order valence-corrected chi connectivity index (χ1v) is 14.5. The van der Waals surface area contributed by atoms with Crippen molar-refractivity contribution in [3.8, 4) is 11.4 Å². The van der Waals surface area contributed by atoms with Crippen molar-refractivity contribution in [1.82, 2.24) is 4.57 Å². The Morgan fingerprint density at radius 1 is 0.576 bits per heavy atom. The van der Waals surface area contributed by atoms with Crippen LogP contribution in [0.25, 0.3) is 11.4 Å².